The number of nitrogens with zero attached hydrogens (tertiary/aromatic N) is 1. The molecule has 1 atom stereocenters. The van der Waals surface area contributed by atoms with Gasteiger partial charge in [0.05, 0.1) is 52.1 Å². The van der Waals surface area contributed by atoms with Crippen molar-refractivity contribution in [1.82, 2.24) is 5.32 Å². The number of ether oxygens (including phenoxy) is 3. The van der Waals surface area contributed by atoms with Crippen molar-refractivity contribution in [3.63, 3.8) is 0 Å². The predicted molar refractivity (Wildman–Crippen MR) is 99.4 cm³/mol. The van der Waals surface area contributed by atoms with E-state index in [0.29, 0.717) is 30.3 Å². The first-order chi connectivity index (χ1) is 13.1. The van der Waals surface area contributed by atoms with Crippen molar-refractivity contribution in [3.8, 4) is 11.5 Å². The van der Waals surface area contributed by atoms with Crippen LogP contribution in [-0.2, 0) is 14.3 Å². The van der Waals surface area contributed by atoms with Crippen molar-refractivity contribution in [3.05, 3.63) is 18.2 Å². The zero-order valence-corrected chi connectivity index (χ0v) is 16.0. The lowest BCUT2D eigenvalue weighted by molar-refractivity contribution is -0.906. The maximum absolute atomic E-state index is 12.5. The minimum Gasteiger partial charge on any atom is -0.497 e. The molecule has 148 valence electrons. The molecule has 2 amide bonds. The van der Waals surface area contributed by atoms with Crippen LogP contribution in [0.25, 0.3) is 0 Å². The summed E-state index contributed by atoms with van der Waals surface area (Å²) < 4.78 is 15.9. The van der Waals surface area contributed by atoms with Gasteiger partial charge in [0.1, 0.15) is 24.6 Å². The summed E-state index contributed by atoms with van der Waals surface area (Å²) in [5.41, 5.74) is 0.663. The van der Waals surface area contributed by atoms with Gasteiger partial charge in [0.2, 0.25) is 11.8 Å². The molecule has 0 saturated carbocycles. The number of methoxy groups -OCH3 is 2. The van der Waals surface area contributed by atoms with E-state index in [1.807, 2.05) is 0 Å². The molecule has 1 aromatic rings. The highest BCUT2D eigenvalue weighted by molar-refractivity contribution is 6.01. The monoisotopic (exact) mass is 378 g/mol. The van der Waals surface area contributed by atoms with Gasteiger partial charge in [-0.25, -0.2) is 0 Å². The van der Waals surface area contributed by atoms with Gasteiger partial charge in [-0.2, -0.15) is 0 Å². The topological polar surface area (TPSA) is 81.5 Å². The molecule has 1 aromatic carbocycles. The van der Waals surface area contributed by atoms with E-state index in [0.717, 1.165) is 32.8 Å². The fourth-order valence-electron chi connectivity index (χ4n) is 3.54. The molecule has 0 aliphatic carbocycles. The Labute approximate surface area is 159 Å². The predicted octanol–water partition coefficient (Wildman–Crippen LogP) is -0.912. The summed E-state index contributed by atoms with van der Waals surface area (Å²) in [6.45, 7) is 5.36. The smallest absolute Gasteiger partial charge is 0.227 e. The van der Waals surface area contributed by atoms with Gasteiger partial charge < -0.3 is 29.3 Å². The van der Waals surface area contributed by atoms with E-state index in [-0.39, 0.29) is 24.2 Å². The Morgan fingerprint density at radius 3 is 2.78 bits per heavy atom. The molecule has 0 spiro atoms. The van der Waals surface area contributed by atoms with Crippen LogP contribution in [0.3, 0.4) is 0 Å². The summed E-state index contributed by atoms with van der Waals surface area (Å²) in [5.74, 6) is 0.731. The molecule has 3 rings (SSSR count). The lowest BCUT2D eigenvalue weighted by atomic mass is 10.1. The molecule has 27 heavy (non-hydrogen) atoms. The minimum absolute atomic E-state index is 0.0639. The largest absolute Gasteiger partial charge is 0.497 e. The molecule has 2 N–H and O–H groups in total. The van der Waals surface area contributed by atoms with E-state index in [9.17, 15) is 9.59 Å². The van der Waals surface area contributed by atoms with Gasteiger partial charge in [-0.05, 0) is 12.1 Å². The number of hydrogen-bond acceptors (Lipinski definition) is 5. The van der Waals surface area contributed by atoms with Crippen LogP contribution in [0.5, 0.6) is 11.5 Å². The molecular formula is C19H28N3O5+. The Hall–Kier alpha value is -2.32. The van der Waals surface area contributed by atoms with Gasteiger partial charge in [-0.1, -0.05) is 0 Å². The maximum Gasteiger partial charge on any atom is 0.227 e. The van der Waals surface area contributed by atoms with Crippen LogP contribution in [-0.4, -0.2) is 72.0 Å². The normalized spacial score (nSPS) is 20.6. The fourth-order valence-corrected chi connectivity index (χ4v) is 3.54. The maximum atomic E-state index is 12.5. The SMILES string of the molecule is COc1ccc(N2C[C@@H](C(=O)NCC[NH+]3CCOCC3)CC2=O)c(OC)c1. The van der Waals surface area contributed by atoms with Crippen molar-refractivity contribution < 1.29 is 28.7 Å². The Morgan fingerprint density at radius 2 is 2.07 bits per heavy atom. The van der Waals surface area contributed by atoms with Crippen LogP contribution >= 0.6 is 0 Å². The third kappa shape index (κ3) is 4.70. The molecule has 2 aliphatic heterocycles. The summed E-state index contributed by atoms with van der Waals surface area (Å²) in [6, 6.07) is 5.31. The number of nitrogens with one attached hydrogen (secondary N) is 2. The second-order valence-corrected chi connectivity index (χ2v) is 6.85. The summed E-state index contributed by atoms with van der Waals surface area (Å²) in [7, 11) is 3.13. The fraction of sp³-hybridized carbons (Fsp3) is 0.579. The van der Waals surface area contributed by atoms with Crippen LogP contribution in [0.4, 0.5) is 5.69 Å². The van der Waals surface area contributed by atoms with Crippen LogP contribution in [0.15, 0.2) is 18.2 Å². The molecular weight excluding hydrogens is 350 g/mol. The number of hydrogen-bond donors (Lipinski definition) is 2. The Balaban J connectivity index is 1.55. The van der Waals surface area contributed by atoms with Gasteiger partial charge in [0, 0.05) is 19.0 Å². The molecule has 2 saturated heterocycles. The Morgan fingerprint density at radius 1 is 1.30 bits per heavy atom. The molecule has 0 bridgehead atoms. The summed E-state index contributed by atoms with van der Waals surface area (Å²) in [4.78, 5) is 28.0. The van der Waals surface area contributed by atoms with Crippen LogP contribution in [0.1, 0.15) is 6.42 Å². The first-order valence-electron chi connectivity index (χ1n) is 9.33. The van der Waals surface area contributed by atoms with Crippen molar-refractivity contribution >= 4 is 17.5 Å². The Kier molecular flexibility index (Phi) is 6.52. The second kappa shape index (κ2) is 9.05. The van der Waals surface area contributed by atoms with Crippen molar-refractivity contribution in [2.75, 3.05) is 65.1 Å². The quantitative estimate of drug-likeness (QED) is 0.642. The molecule has 0 aromatic heterocycles. The highest BCUT2D eigenvalue weighted by atomic mass is 16.5. The number of anilines is 1. The molecule has 2 aliphatic rings. The van der Waals surface area contributed by atoms with E-state index < -0.39 is 0 Å². The van der Waals surface area contributed by atoms with Gasteiger partial charge in [-0.3, -0.25) is 9.59 Å². The zero-order chi connectivity index (χ0) is 19.2. The molecule has 2 fully saturated rings. The lowest BCUT2D eigenvalue weighted by Gasteiger charge is -2.24. The number of amides is 2. The number of carbonyl (C=O) groups is 2. The second-order valence-electron chi connectivity index (χ2n) is 6.85. The minimum atomic E-state index is -0.344. The summed E-state index contributed by atoms with van der Waals surface area (Å²) >= 11 is 0. The molecule has 0 radical (unpaired) electrons. The number of morpholine rings is 1. The highest BCUT2D eigenvalue weighted by Gasteiger charge is 2.36. The van der Waals surface area contributed by atoms with Crippen molar-refractivity contribution in [1.29, 1.82) is 0 Å². The zero-order valence-electron chi connectivity index (χ0n) is 16.0. The van der Waals surface area contributed by atoms with Gasteiger partial charge >= 0.3 is 0 Å². The molecule has 0 unspecified atom stereocenters. The molecule has 8 nitrogen and oxygen atoms in total. The van der Waals surface area contributed by atoms with E-state index in [1.165, 1.54) is 4.90 Å². The van der Waals surface area contributed by atoms with Crippen LogP contribution < -0.4 is 24.6 Å². The summed E-state index contributed by atoms with van der Waals surface area (Å²) in [5, 5.41) is 2.98. The van der Waals surface area contributed by atoms with Crippen molar-refractivity contribution in [2.45, 2.75) is 6.42 Å². The highest BCUT2D eigenvalue weighted by Crippen LogP contribution is 2.35. The number of carbonyl (C=O) groups excluding carboxylic acids is 2. The van der Waals surface area contributed by atoms with Crippen molar-refractivity contribution in [2.24, 2.45) is 5.92 Å². The van der Waals surface area contributed by atoms with Crippen LogP contribution in [0.2, 0.25) is 0 Å². The van der Waals surface area contributed by atoms with E-state index in [2.05, 4.69) is 5.32 Å². The van der Waals surface area contributed by atoms with Gasteiger partial charge in [-0.15, -0.1) is 0 Å². The van der Waals surface area contributed by atoms with Gasteiger partial charge in [0.15, 0.2) is 0 Å². The third-order valence-corrected chi connectivity index (χ3v) is 5.15. The van der Waals surface area contributed by atoms with E-state index in [1.54, 1.807) is 37.3 Å². The first kappa shape index (κ1) is 19.4. The summed E-state index contributed by atoms with van der Waals surface area (Å²) in [6.07, 6.45) is 0.214. The standard InChI is InChI=1S/C19H27N3O5/c1-25-15-3-4-16(17(12-15)26-2)22-13-14(11-18(22)23)19(24)20-5-6-21-7-9-27-10-8-21/h3-4,12,14H,5-11,13H2,1-2H3,(H,20,24)/p+1/t14-/m0/s1. The van der Waals surface area contributed by atoms with Crippen LogP contribution in [0, 0.1) is 5.92 Å². The molecule has 8 heteroatoms. The number of benzene rings is 1. The van der Waals surface area contributed by atoms with Gasteiger partial charge in [0.25, 0.3) is 0 Å². The third-order valence-electron chi connectivity index (χ3n) is 5.15. The number of rotatable bonds is 7. The average molecular weight is 378 g/mol. The lowest BCUT2D eigenvalue weighted by Crippen LogP contribution is -3.14. The number of quaternary nitrogens is 1. The molecule has 2 heterocycles. The van der Waals surface area contributed by atoms with E-state index in [4.69, 9.17) is 14.2 Å². The average Bonchev–Trinajstić information content (AvgIpc) is 3.09. The van der Waals surface area contributed by atoms with E-state index >= 15 is 0 Å². The first-order valence-corrected chi connectivity index (χ1v) is 9.33. The Bertz CT molecular complexity index is 675.